The number of benzene rings is 6. The van der Waals surface area contributed by atoms with E-state index in [4.69, 9.17) is 12.6 Å². The van der Waals surface area contributed by atoms with Crippen LogP contribution in [0.1, 0.15) is 80.3 Å². The summed E-state index contributed by atoms with van der Waals surface area (Å²) >= 11 is 0. The number of furan rings is 1. The maximum atomic E-state index is 16.1. The topological polar surface area (TPSA) is 51.8 Å². The molecule has 0 saturated carbocycles. The van der Waals surface area contributed by atoms with Crippen LogP contribution in [0.2, 0.25) is 0 Å². The molecule has 0 radical (unpaired) electrons. The molecule has 4 nitrogen and oxygen atoms in total. The first-order valence-corrected chi connectivity index (χ1v) is 21.3. The summed E-state index contributed by atoms with van der Waals surface area (Å²) in [6.45, 7) is 6.70. The molecule has 0 saturated heterocycles. The van der Waals surface area contributed by atoms with Gasteiger partial charge in [-0.25, -0.2) is 4.39 Å². The number of rotatable bonds is 13. The van der Waals surface area contributed by atoms with Crippen molar-refractivity contribution in [2.45, 2.75) is 64.0 Å². The molecule has 0 fully saturated rings. The predicted octanol–water partition coefficient (Wildman–Crippen LogP) is 14.8. The smallest absolute Gasteiger partial charge is 0.500 e. The summed E-state index contributed by atoms with van der Waals surface area (Å²) < 4.78 is 151. The summed E-state index contributed by atoms with van der Waals surface area (Å²) in [6, 6.07) is 37.8. The molecule has 6 aromatic carbocycles. The number of nitrogens with zero attached hydrogens (tertiary/aromatic N) is 3. The Labute approximate surface area is 426 Å². The van der Waals surface area contributed by atoms with Crippen molar-refractivity contribution >= 4 is 21.9 Å². The number of aryl methyl sites for hydroxylation is 2. The number of halogens is 1. The van der Waals surface area contributed by atoms with E-state index >= 15 is 4.39 Å². The largest absolute Gasteiger partial charge is 3.00 e. The molecule has 0 amide bonds. The third-order valence-electron chi connectivity index (χ3n) is 11.4. The van der Waals surface area contributed by atoms with Crippen LogP contribution < -0.4 is 0 Å². The van der Waals surface area contributed by atoms with Crippen LogP contribution >= 0.6 is 0 Å². The summed E-state index contributed by atoms with van der Waals surface area (Å²) in [5, 5.41) is 0.535. The van der Waals surface area contributed by atoms with E-state index in [9.17, 15) is 11.0 Å². The molecule has 330 valence electrons. The van der Waals surface area contributed by atoms with Gasteiger partial charge in [0.25, 0.3) is 0 Å². The van der Waals surface area contributed by atoms with Gasteiger partial charge in [-0.3, -0.25) is 0 Å². The van der Waals surface area contributed by atoms with Gasteiger partial charge in [-0.15, -0.1) is 90.0 Å². The molecule has 67 heavy (non-hydrogen) atoms. The molecule has 0 atom stereocenters. The van der Waals surface area contributed by atoms with E-state index in [0.29, 0.717) is 27.9 Å². The van der Waals surface area contributed by atoms with Crippen molar-refractivity contribution in [2.75, 3.05) is 0 Å². The van der Waals surface area contributed by atoms with Gasteiger partial charge in [0.1, 0.15) is 11.4 Å². The van der Waals surface area contributed by atoms with Crippen LogP contribution in [0.5, 0.6) is 0 Å². The zero-order valence-corrected chi connectivity index (χ0v) is 39.1. The Morgan fingerprint density at radius 3 is 1.69 bits per heavy atom. The summed E-state index contributed by atoms with van der Waals surface area (Å²) in [7, 11) is 0. The molecule has 0 spiro atoms. The fraction of sp³-hybridized carbons (Fsp3) is 0.164. The maximum Gasteiger partial charge on any atom is 3.00 e. The molecule has 0 aliphatic heterocycles. The van der Waals surface area contributed by atoms with Crippen LogP contribution in [0.3, 0.4) is 0 Å². The van der Waals surface area contributed by atoms with Gasteiger partial charge in [-0.2, -0.15) is 0 Å². The molecule has 10 rings (SSSR count). The van der Waals surface area contributed by atoms with Crippen molar-refractivity contribution in [1.29, 1.82) is 0 Å². The molecule has 4 heterocycles. The minimum Gasteiger partial charge on any atom is -0.500 e. The van der Waals surface area contributed by atoms with Crippen molar-refractivity contribution in [3.05, 3.63) is 234 Å². The summed E-state index contributed by atoms with van der Waals surface area (Å²) in [5.74, 6) is -1.17. The van der Waals surface area contributed by atoms with Gasteiger partial charge >= 0.3 is 20.1 Å². The average Bonchev–Trinajstić information content (AvgIpc) is 3.83. The second-order valence-corrected chi connectivity index (χ2v) is 16.8. The van der Waals surface area contributed by atoms with Gasteiger partial charge < -0.3 is 19.4 Å². The molecule has 0 aliphatic rings. The molecule has 6 heteroatoms. The van der Waals surface area contributed by atoms with E-state index < -0.39 is 89.5 Å². The molecular weight excluding hydrogens is 1000 g/mol. The molecule has 4 aromatic heterocycles. The Morgan fingerprint density at radius 2 is 1.13 bits per heavy atom. The fourth-order valence-corrected chi connectivity index (χ4v) is 7.93. The first-order chi connectivity index (χ1) is 37.6. The molecule has 0 aliphatic carbocycles. The first-order valence-electron chi connectivity index (χ1n) is 28.3. The van der Waals surface area contributed by atoms with E-state index in [1.807, 2.05) is 36.4 Å². The number of hydrogen-bond acceptors (Lipinski definition) is 4. The Hall–Kier alpha value is -6.85. The van der Waals surface area contributed by atoms with Crippen LogP contribution in [-0.2, 0) is 56.4 Å². The second kappa shape index (κ2) is 19.2. The number of aromatic nitrogens is 3. The second-order valence-electron chi connectivity index (χ2n) is 16.8. The first kappa shape index (κ1) is 31.2. The van der Waals surface area contributed by atoms with Crippen molar-refractivity contribution in [1.82, 2.24) is 15.0 Å². The van der Waals surface area contributed by atoms with Crippen LogP contribution in [0.15, 0.2) is 181 Å². The van der Waals surface area contributed by atoms with Gasteiger partial charge in [-0.05, 0) is 104 Å². The molecular formula is C61H49FIrN3O. The van der Waals surface area contributed by atoms with E-state index in [1.165, 1.54) is 42.5 Å². The summed E-state index contributed by atoms with van der Waals surface area (Å²) in [6.07, 6.45) is -6.42. The van der Waals surface area contributed by atoms with E-state index in [0.717, 1.165) is 17.3 Å². The van der Waals surface area contributed by atoms with Gasteiger partial charge in [0.15, 0.2) is 0 Å². The van der Waals surface area contributed by atoms with E-state index in [2.05, 4.69) is 33.2 Å². The van der Waals surface area contributed by atoms with E-state index in [-0.39, 0.29) is 70.2 Å². The van der Waals surface area contributed by atoms with Crippen LogP contribution in [0.4, 0.5) is 4.39 Å². The van der Waals surface area contributed by atoms with Gasteiger partial charge in [0.2, 0.25) is 0 Å². The molecule has 10 aromatic rings. The zero-order chi connectivity index (χ0) is 57.6. The number of pyridine rings is 3. The van der Waals surface area contributed by atoms with Crippen LogP contribution in [0, 0.1) is 24.0 Å². The van der Waals surface area contributed by atoms with Crippen LogP contribution in [0.25, 0.3) is 66.8 Å². The minimum atomic E-state index is -3.01. The Kier molecular flexibility index (Phi) is 8.92. The third-order valence-corrected chi connectivity index (χ3v) is 11.4. The van der Waals surface area contributed by atoms with Crippen molar-refractivity contribution in [2.24, 2.45) is 0 Å². The summed E-state index contributed by atoms with van der Waals surface area (Å²) in [5.41, 5.74) is -0.731. The summed E-state index contributed by atoms with van der Waals surface area (Å²) in [4.78, 5) is 13.8. The Balaban J connectivity index is 0.00000792. The fourth-order valence-electron chi connectivity index (χ4n) is 7.93. The zero-order valence-electron chi connectivity index (χ0n) is 50.7. The maximum absolute atomic E-state index is 16.1. The number of fused-ring (bicyclic) bond motifs is 3. The molecule has 0 unspecified atom stereocenters. The monoisotopic (exact) mass is 1070 g/mol. The average molecular weight is 1070 g/mol. The number of hydrogen-bond donors (Lipinski definition) is 0. The Bertz CT molecular complexity index is 3870. The van der Waals surface area contributed by atoms with Crippen LogP contribution in [-0.4, -0.2) is 15.0 Å². The molecule has 0 N–H and O–H groups in total. The normalized spacial score (nSPS) is 15.7. The Morgan fingerprint density at radius 1 is 0.567 bits per heavy atom. The minimum absolute atomic E-state index is 0. The predicted molar refractivity (Wildman–Crippen MR) is 266 cm³/mol. The SMILES string of the molecule is [2H]c1cc2c(oc3c(-c4ccc(C([2H])([2H])C([2H])([2H])c5cc(C([2H])([2H])C(C)(C)c6ccc(-c7[c-]cccc7)nc6)cc(C([2H])([2H])C(C)(C)c6ccc(-c7[c-]cccc7)nc6)c5)cn4)[c-]ccc32)c(-c2c([2H])c([2H])c([2H])c([2H])c2[2H])c1F.[Ir+3]. The standard InChI is InChI=1S/C61H49FN3O.Ir/c1-60(2,48-26-31-54(64-39-48)45-15-8-5-9-16-45)36-43-33-42(34-44(35-43)37-61(3,4)49-27-32-55(65-40-49)46-17-10-6-11-18-46)24-23-41-25-30-56(63-38-41)52-22-14-21-50-51-28-29-53(62)57(59(51)66-58(50)52)47-19-12-7-13-20-47;/h5-15,17,19-21,25-35,38-40H,23-24,36-37H2,1-4H3;/q-3;+3/i7D,12D,13D,19D,20D,23D2,24D2,29D,36D2,37D2;. The quantitative estimate of drug-likeness (QED) is 0.108. The van der Waals surface area contributed by atoms with Crippen molar-refractivity contribution in [3.63, 3.8) is 0 Å². The molecule has 0 bridgehead atoms. The van der Waals surface area contributed by atoms with Gasteiger partial charge in [0, 0.05) is 34.9 Å². The van der Waals surface area contributed by atoms with Gasteiger partial charge in [-0.1, -0.05) is 123 Å². The van der Waals surface area contributed by atoms with E-state index in [1.54, 1.807) is 82.6 Å². The van der Waals surface area contributed by atoms with Crippen molar-refractivity contribution < 1.29 is 48.1 Å². The van der Waals surface area contributed by atoms with Crippen molar-refractivity contribution in [3.8, 4) is 44.9 Å². The van der Waals surface area contributed by atoms with Gasteiger partial charge in [0.05, 0.1) is 19.4 Å². The third kappa shape index (κ3) is 9.70.